The molecule has 31 heavy (non-hydrogen) atoms. The Hall–Kier alpha value is -1.24. The lowest BCUT2D eigenvalue weighted by Crippen LogP contribution is -2.38. The minimum atomic E-state index is -3.48. The van der Waals surface area contributed by atoms with Gasteiger partial charge >= 0.3 is 0 Å². The molecule has 0 bridgehead atoms. The van der Waals surface area contributed by atoms with Crippen molar-refractivity contribution in [1.29, 1.82) is 0 Å². The van der Waals surface area contributed by atoms with Gasteiger partial charge in [-0.25, -0.2) is 13.4 Å². The van der Waals surface area contributed by atoms with Crippen LogP contribution in [0.4, 0.5) is 0 Å². The molecule has 10 heteroatoms. The van der Waals surface area contributed by atoms with Crippen molar-refractivity contribution in [2.75, 3.05) is 20.1 Å². The van der Waals surface area contributed by atoms with Crippen LogP contribution >= 0.6 is 35.3 Å². The molecule has 172 valence electrons. The number of piperidine rings is 1. The van der Waals surface area contributed by atoms with Crippen LogP contribution in [-0.2, 0) is 23.1 Å². The number of halogens is 1. The van der Waals surface area contributed by atoms with Crippen molar-refractivity contribution in [3.05, 3.63) is 45.9 Å². The smallest absolute Gasteiger partial charge is 0.243 e. The molecule has 1 fully saturated rings. The number of sulfonamides is 1. The first-order valence-corrected chi connectivity index (χ1v) is 12.7. The van der Waals surface area contributed by atoms with Crippen molar-refractivity contribution in [2.45, 2.75) is 57.0 Å². The highest BCUT2D eigenvalue weighted by Crippen LogP contribution is 2.23. The van der Waals surface area contributed by atoms with E-state index in [-0.39, 0.29) is 24.0 Å². The summed E-state index contributed by atoms with van der Waals surface area (Å²) in [6.07, 6.45) is 2.94. The minimum Gasteiger partial charge on any atom is -0.352 e. The van der Waals surface area contributed by atoms with E-state index in [1.165, 1.54) is 0 Å². The molecule has 2 aromatic rings. The summed E-state index contributed by atoms with van der Waals surface area (Å²) in [7, 11) is -1.78. The van der Waals surface area contributed by atoms with Crippen molar-refractivity contribution in [2.24, 2.45) is 4.99 Å². The summed E-state index contributed by atoms with van der Waals surface area (Å²) in [5.74, 6) is 1.02. The zero-order valence-electron chi connectivity index (χ0n) is 18.3. The average Bonchev–Trinajstić information content (AvgIpc) is 3.24. The third kappa shape index (κ3) is 6.87. The van der Waals surface area contributed by atoms with Gasteiger partial charge in [0, 0.05) is 32.1 Å². The summed E-state index contributed by atoms with van der Waals surface area (Å²) in [6, 6.07) is 7.20. The normalized spacial score (nSPS) is 15.5. The van der Waals surface area contributed by atoms with E-state index in [9.17, 15) is 8.42 Å². The van der Waals surface area contributed by atoms with Crippen LogP contribution in [0.2, 0.25) is 0 Å². The van der Waals surface area contributed by atoms with Gasteiger partial charge < -0.3 is 10.6 Å². The van der Waals surface area contributed by atoms with Crippen molar-refractivity contribution >= 4 is 51.3 Å². The zero-order valence-corrected chi connectivity index (χ0v) is 22.3. The fourth-order valence-electron chi connectivity index (χ4n) is 3.38. The highest BCUT2D eigenvalue weighted by atomic mass is 127. The Morgan fingerprint density at radius 2 is 1.84 bits per heavy atom. The number of aromatic nitrogens is 1. The first-order chi connectivity index (χ1) is 14.4. The standard InChI is InChI=1S/C21H31N5O2S2.HI/c1-16(2)18-15-29-20(25-18)14-24-21(22-3)23-13-17-9-5-6-10-19(17)30(27,28)26-11-7-4-8-12-26;/h5-6,9-10,15-16H,4,7-8,11-14H2,1-3H3,(H2,22,23,24);1H. The first kappa shape index (κ1) is 26.0. The molecule has 1 aliphatic heterocycles. The summed E-state index contributed by atoms with van der Waals surface area (Å²) in [6.45, 7) is 6.39. The fraction of sp³-hybridized carbons (Fsp3) is 0.524. The molecular weight excluding hydrogens is 545 g/mol. The SMILES string of the molecule is CN=C(NCc1nc(C(C)C)cs1)NCc1ccccc1S(=O)(=O)N1CCCCC1.I. The second kappa shape index (κ2) is 12.1. The summed E-state index contributed by atoms with van der Waals surface area (Å²) in [5, 5.41) is 9.57. The Morgan fingerprint density at radius 3 is 2.48 bits per heavy atom. The van der Waals surface area contributed by atoms with Gasteiger partial charge in [0.25, 0.3) is 0 Å². The molecule has 2 heterocycles. The van der Waals surface area contributed by atoms with E-state index in [0.29, 0.717) is 43.0 Å². The highest BCUT2D eigenvalue weighted by Gasteiger charge is 2.27. The molecule has 1 aliphatic rings. The molecule has 0 aliphatic carbocycles. The molecular formula is C21H32IN5O2S2. The largest absolute Gasteiger partial charge is 0.352 e. The predicted octanol–water partition coefficient (Wildman–Crippen LogP) is 3.92. The van der Waals surface area contributed by atoms with Crippen molar-refractivity contribution < 1.29 is 8.42 Å². The topological polar surface area (TPSA) is 86.7 Å². The van der Waals surface area contributed by atoms with Gasteiger partial charge in [0.15, 0.2) is 5.96 Å². The highest BCUT2D eigenvalue weighted by molar-refractivity contribution is 14.0. The lowest BCUT2D eigenvalue weighted by atomic mass is 10.2. The number of thiazole rings is 1. The fourth-order valence-corrected chi connectivity index (χ4v) is 6.01. The maximum absolute atomic E-state index is 13.1. The van der Waals surface area contributed by atoms with E-state index in [2.05, 4.69) is 39.8 Å². The number of nitrogens with zero attached hydrogens (tertiary/aromatic N) is 3. The molecule has 0 spiro atoms. The summed E-state index contributed by atoms with van der Waals surface area (Å²) < 4.78 is 27.9. The number of guanidine groups is 1. The van der Waals surface area contributed by atoms with Crippen molar-refractivity contribution in [3.63, 3.8) is 0 Å². The van der Waals surface area contributed by atoms with Crippen LogP contribution in [0.3, 0.4) is 0 Å². The van der Waals surface area contributed by atoms with Crippen LogP contribution < -0.4 is 10.6 Å². The van der Waals surface area contributed by atoms with Gasteiger partial charge in [0.1, 0.15) is 5.01 Å². The molecule has 1 saturated heterocycles. The number of hydrogen-bond donors (Lipinski definition) is 2. The Bertz CT molecular complexity index is 970. The van der Waals surface area contributed by atoms with E-state index in [0.717, 1.165) is 35.5 Å². The van der Waals surface area contributed by atoms with E-state index in [1.54, 1.807) is 34.8 Å². The van der Waals surface area contributed by atoms with Crippen LogP contribution in [-0.4, -0.2) is 43.8 Å². The molecule has 1 aromatic heterocycles. The molecule has 7 nitrogen and oxygen atoms in total. The van der Waals surface area contributed by atoms with Crippen molar-refractivity contribution in [3.8, 4) is 0 Å². The lowest BCUT2D eigenvalue weighted by Gasteiger charge is -2.27. The first-order valence-electron chi connectivity index (χ1n) is 10.4. The minimum absolute atomic E-state index is 0. The van der Waals surface area contributed by atoms with Crippen LogP contribution in [0.15, 0.2) is 39.5 Å². The summed E-state index contributed by atoms with van der Waals surface area (Å²) in [4.78, 5) is 9.25. The monoisotopic (exact) mass is 577 g/mol. The quantitative estimate of drug-likeness (QED) is 0.296. The molecule has 0 atom stereocenters. The van der Waals surface area contributed by atoms with Crippen molar-refractivity contribution in [1.82, 2.24) is 19.9 Å². The number of benzene rings is 1. The maximum Gasteiger partial charge on any atom is 0.243 e. The second-order valence-corrected chi connectivity index (χ2v) is 10.5. The maximum atomic E-state index is 13.1. The number of nitrogens with one attached hydrogen (secondary N) is 2. The Morgan fingerprint density at radius 1 is 1.16 bits per heavy atom. The molecule has 0 radical (unpaired) electrons. The molecule has 1 aromatic carbocycles. The molecule has 0 unspecified atom stereocenters. The van der Waals surface area contributed by atoms with Gasteiger partial charge in [0.2, 0.25) is 10.0 Å². The summed E-state index contributed by atoms with van der Waals surface area (Å²) in [5.41, 5.74) is 1.83. The third-order valence-corrected chi connectivity index (χ3v) is 8.01. The average molecular weight is 578 g/mol. The van der Waals surface area contributed by atoms with Gasteiger partial charge in [-0.05, 0) is 30.4 Å². The predicted molar refractivity (Wildman–Crippen MR) is 138 cm³/mol. The molecule has 2 N–H and O–H groups in total. The van der Waals surface area contributed by atoms with Gasteiger partial charge in [-0.3, -0.25) is 4.99 Å². The van der Waals surface area contributed by atoms with Crippen LogP contribution in [0.5, 0.6) is 0 Å². The Kier molecular flexibility index (Phi) is 10.2. The van der Waals surface area contributed by atoms with E-state index < -0.39 is 10.0 Å². The lowest BCUT2D eigenvalue weighted by molar-refractivity contribution is 0.346. The Balaban J connectivity index is 0.00000341. The van der Waals surface area contributed by atoms with Crippen LogP contribution in [0, 0.1) is 0 Å². The van der Waals surface area contributed by atoms with Gasteiger partial charge in [-0.15, -0.1) is 35.3 Å². The number of aliphatic imine (C=N–C) groups is 1. The van der Waals surface area contributed by atoms with E-state index in [4.69, 9.17) is 0 Å². The van der Waals surface area contributed by atoms with E-state index in [1.807, 2.05) is 12.1 Å². The van der Waals surface area contributed by atoms with Gasteiger partial charge in [0.05, 0.1) is 17.1 Å². The third-order valence-electron chi connectivity index (χ3n) is 5.14. The van der Waals surface area contributed by atoms with Crippen LogP contribution in [0.25, 0.3) is 0 Å². The molecule has 0 amide bonds. The number of rotatable bonds is 7. The molecule has 3 rings (SSSR count). The molecule has 0 saturated carbocycles. The summed E-state index contributed by atoms with van der Waals surface area (Å²) >= 11 is 1.63. The van der Waals surface area contributed by atoms with Gasteiger partial charge in [-0.2, -0.15) is 4.31 Å². The van der Waals surface area contributed by atoms with Gasteiger partial charge in [-0.1, -0.05) is 38.5 Å². The second-order valence-electron chi connectivity index (χ2n) is 7.67. The van der Waals surface area contributed by atoms with Crippen LogP contribution in [0.1, 0.15) is 55.3 Å². The Labute approximate surface area is 206 Å². The van der Waals surface area contributed by atoms with E-state index >= 15 is 0 Å². The zero-order chi connectivity index (χ0) is 21.6. The number of hydrogen-bond acceptors (Lipinski definition) is 5.